The van der Waals surface area contributed by atoms with Gasteiger partial charge in [-0.2, -0.15) is 14.9 Å². The zero-order chi connectivity index (χ0) is 21.9. The Labute approximate surface area is 184 Å². The number of aryl methyl sites for hydroxylation is 1. The Bertz CT molecular complexity index is 1190. The molecule has 0 saturated carbocycles. The third-order valence-electron chi connectivity index (χ3n) is 5.37. The number of hydrogen-bond acceptors (Lipinski definition) is 8. The number of pyridine rings is 1. The summed E-state index contributed by atoms with van der Waals surface area (Å²) < 4.78 is 5.16. The third-order valence-corrected chi connectivity index (χ3v) is 5.37. The molecule has 32 heavy (non-hydrogen) atoms. The Balaban J connectivity index is 1.20. The van der Waals surface area contributed by atoms with Gasteiger partial charge in [0.25, 0.3) is 5.91 Å². The van der Waals surface area contributed by atoms with Crippen molar-refractivity contribution in [2.45, 2.75) is 13.3 Å². The van der Waals surface area contributed by atoms with Crippen molar-refractivity contribution in [3.63, 3.8) is 0 Å². The lowest BCUT2D eigenvalue weighted by molar-refractivity contribution is 0.0740. The normalized spacial score (nSPS) is 14.0. The van der Waals surface area contributed by atoms with Gasteiger partial charge in [0.15, 0.2) is 5.69 Å². The van der Waals surface area contributed by atoms with E-state index in [1.54, 1.807) is 11.1 Å². The number of rotatable bonds is 5. The zero-order valence-corrected chi connectivity index (χ0v) is 17.6. The fraction of sp³-hybridized carbons (Fsp3) is 0.273. The molecule has 1 saturated heterocycles. The average Bonchev–Trinajstić information content (AvgIpc) is 3.55. The molecule has 4 heterocycles. The summed E-state index contributed by atoms with van der Waals surface area (Å²) in [6.07, 6.45) is 3.97. The highest BCUT2D eigenvalue weighted by Crippen LogP contribution is 2.20. The number of amides is 1. The second-order valence-corrected chi connectivity index (χ2v) is 7.40. The van der Waals surface area contributed by atoms with E-state index in [9.17, 15) is 4.79 Å². The first-order chi connectivity index (χ1) is 15.7. The van der Waals surface area contributed by atoms with Crippen LogP contribution in [0, 0.1) is 0 Å². The lowest BCUT2D eigenvalue weighted by Gasteiger charge is -2.35. The number of para-hydroxylation sites is 1. The molecule has 1 aliphatic rings. The van der Waals surface area contributed by atoms with E-state index in [1.165, 1.54) is 11.0 Å². The van der Waals surface area contributed by atoms with Crippen LogP contribution in [-0.2, 0) is 6.42 Å². The number of carbonyl (C=O) groups is 1. The fourth-order valence-corrected chi connectivity index (χ4v) is 3.57. The van der Waals surface area contributed by atoms with Crippen molar-refractivity contribution in [3.05, 3.63) is 66.4 Å². The number of aromatic nitrogens is 6. The first-order valence-corrected chi connectivity index (χ1v) is 10.5. The lowest BCUT2D eigenvalue weighted by atomic mass is 10.2. The lowest BCUT2D eigenvalue weighted by Crippen LogP contribution is -2.49. The average molecular weight is 430 g/mol. The number of nitrogens with zero attached hydrogens (tertiary/aromatic N) is 8. The van der Waals surface area contributed by atoms with Gasteiger partial charge in [-0.05, 0) is 24.3 Å². The molecule has 10 nitrogen and oxygen atoms in total. The predicted molar refractivity (Wildman–Crippen MR) is 116 cm³/mol. The topological polar surface area (TPSA) is 106 Å². The van der Waals surface area contributed by atoms with Crippen molar-refractivity contribution in [2.75, 3.05) is 31.1 Å². The van der Waals surface area contributed by atoms with Crippen molar-refractivity contribution >= 4 is 11.7 Å². The molecule has 1 fully saturated rings. The standard InChI is InChI=1S/C22H22N8O2/c1-2-20-25-21(27-32-20)16-8-9-19(23-14-16)28-10-12-29(13-11-28)22(31)18-15-24-30(26-18)17-6-4-3-5-7-17/h3-9,14-15H,2,10-13H2,1H3. The van der Waals surface area contributed by atoms with Gasteiger partial charge in [-0.1, -0.05) is 30.3 Å². The van der Waals surface area contributed by atoms with Crippen LogP contribution in [0.25, 0.3) is 17.1 Å². The van der Waals surface area contributed by atoms with Crippen LogP contribution in [0.4, 0.5) is 5.82 Å². The van der Waals surface area contributed by atoms with E-state index in [-0.39, 0.29) is 5.91 Å². The molecule has 1 aromatic carbocycles. The van der Waals surface area contributed by atoms with Gasteiger partial charge < -0.3 is 14.3 Å². The van der Waals surface area contributed by atoms with Gasteiger partial charge in [0.05, 0.1) is 11.9 Å². The van der Waals surface area contributed by atoms with E-state index in [1.807, 2.05) is 49.4 Å². The molecular weight excluding hydrogens is 408 g/mol. The second-order valence-electron chi connectivity index (χ2n) is 7.40. The summed E-state index contributed by atoms with van der Waals surface area (Å²) in [7, 11) is 0. The summed E-state index contributed by atoms with van der Waals surface area (Å²) in [6, 6.07) is 13.4. The summed E-state index contributed by atoms with van der Waals surface area (Å²) in [5, 5.41) is 12.6. The summed E-state index contributed by atoms with van der Waals surface area (Å²) in [5.74, 6) is 1.89. The first kappa shape index (κ1) is 19.9. The van der Waals surface area contributed by atoms with E-state index >= 15 is 0 Å². The molecule has 0 atom stereocenters. The molecule has 10 heteroatoms. The van der Waals surface area contributed by atoms with Crippen molar-refractivity contribution in [1.29, 1.82) is 0 Å². The number of piperazine rings is 1. The largest absolute Gasteiger partial charge is 0.353 e. The molecule has 3 aromatic heterocycles. The van der Waals surface area contributed by atoms with Crippen LogP contribution >= 0.6 is 0 Å². The van der Waals surface area contributed by atoms with Crippen LogP contribution in [0.5, 0.6) is 0 Å². The highest BCUT2D eigenvalue weighted by atomic mass is 16.5. The maximum absolute atomic E-state index is 12.9. The monoisotopic (exact) mass is 430 g/mol. The maximum atomic E-state index is 12.9. The van der Waals surface area contributed by atoms with Crippen LogP contribution in [0.1, 0.15) is 23.3 Å². The minimum atomic E-state index is -0.112. The number of benzene rings is 1. The minimum absolute atomic E-state index is 0.112. The van der Waals surface area contributed by atoms with Crippen LogP contribution < -0.4 is 4.90 Å². The number of anilines is 1. The number of carbonyl (C=O) groups excluding carboxylic acids is 1. The molecule has 0 bridgehead atoms. The molecule has 1 amide bonds. The molecule has 5 rings (SSSR count). The molecule has 0 N–H and O–H groups in total. The van der Waals surface area contributed by atoms with Crippen LogP contribution in [0.2, 0.25) is 0 Å². The van der Waals surface area contributed by atoms with Crippen LogP contribution in [0.3, 0.4) is 0 Å². The minimum Gasteiger partial charge on any atom is -0.353 e. The molecule has 0 spiro atoms. The predicted octanol–water partition coefficient (Wildman–Crippen LogP) is 2.24. The fourth-order valence-electron chi connectivity index (χ4n) is 3.57. The van der Waals surface area contributed by atoms with Gasteiger partial charge in [0.2, 0.25) is 11.7 Å². The van der Waals surface area contributed by atoms with E-state index < -0.39 is 0 Å². The van der Waals surface area contributed by atoms with E-state index in [2.05, 4.69) is 30.2 Å². The maximum Gasteiger partial charge on any atom is 0.276 e. The Morgan fingerprint density at radius 2 is 1.84 bits per heavy atom. The molecule has 0 radical (unpaired) electrons. The summed E-state index contributed by atoms with van der Waals surface area (Å²) in [4.78, 5) is 27.2. The van der Waals surface area contributed by atoms with Crippen molar-refractivity contribution in [1.82, 2.24) is 35.0 Å². The molecule has 162 valence electrons. The van der Waals surface area contributed by atoms with Gasteiger partial charge in [0, 0.05) is 44.4 Å². The van der Waals surface area contributed by atoms with E-state index in [4.69, 9.17) is 4.52 Å². The van der Waals surface area contributed by atoms with Gasteiger partial charge in [-0.3, -0.25) is 4.79 Å². The van der Waals surface area contributed by atoms with Gasteiger partial charge in [-0.15, -0.1) is 5.10 Å². The van der Waals surface area contributed by atoms with Crippen LogP contribution in [-0.4, -0.2) is 67.1 Å². The Morgan fingerprint density at radius 3 is 2.53 bits per heavy atom. The van der Waals surface area contributed by atoms with Crippen molar-refractivity contribution in [2.24, 2.45) is 0 Å². The quantitative estimate of drug-likeness (QED) is 0.475. The second kappa shape index (κ2) is 8.58. The molecule has 0 aliphatic carbocycles. The molecule has 1 aliphatic heterocycles. The van der Waals surface area contributed by atoms with E-state index in [0.717, 1.165) is 17.1 Å². The van der Waals surface area contributed by atoms with Gasteiger partial charge in [0.1, 0.15) is 5.82 Å². The SMILES string of the molecule is CCc1nc(-c2ccc(N3CCN(C(=O)c4cnn(-c5ccccc5)n4)CC3)nc2)no1. The summed E-state index contributed by atoms with van der Waals surface area (Å²) in [6.45, 7) is 4.52. The van der Waals surface area contributed by atoms with Crippen LogP contribution in [0.15, 0.2) is 59.4 Å². The highest BCUT2D eigenvalue weighted by Gasteiger charge is 2.25. The summed E-state index contributed by atoms with van der Waals surface area (Å²) >= 11 is 0. The third kappa shape index (κ3) is 3.94. The Hall–Kier alpha value is -4.08. The Kier molecular flexibility index (Phi) is 5.32. The van der Waals surface area contributed by atoms with Gasteiger partial charge >= 0.3 is 0 Å². The first-order valence-electron chi connectivity index (χ1n) is 10.5. The highest BCUT2D eigenvalue weighted by molar-refractivity contribution is 5.92. The van der Waals surface area contributed by atoms with Gasteiger partial charge in [-0.25, -0.2) is 4.98 Å². The van der Waals surface area contributed by atoms with E-state index in [0.29, 0.717) is 50.0 Å². The molecule has 4 aromatic rings. The smallest absolute Gasteiger partial charge is 0.276 e. The Morgan fingerprint density at radius 1 is 1.03 bits per heavy atom. The zero-order valence-electron chi connectivity index (χ0n) is 17.6. The van der Waals surface area contributed by atoms with Crippen molar-refractivity contribution in [3.8, 4) is 17.1 Å². The summed E-state index contributed by atoms with van der Waals surface area (Å²) in [5.41, 5.74) is 1.97. The molecule has 0 unspecified atom stereocenters. The molecular formula is C22H22N8O2. The number of hydrogen-bond donors (Lipinski definition) is 0. The van der Waals surface area contributed by atoms with Crippen molar-refractivity contribution < 1.29 is 9.32 Å².